The molecule has 0 radical (unpaired) electrons. The molecule has 1 N–H and O–H groups in total. The predicted octanol–water partition coefficient (Wildman–Crippen LogP) is 0.997. The van der Waals surface area contributed by atoms with Gasteiger partial charge in [0.1, 0.15) is 0 Å². The van der Waals surface area contributed by atoms with Crippen molar-refractivity contribution in [3.05, 3.63) is 0 Å². The lowest BCUT2D eigenvalue weighted by Gasteiger charge is -2.23. The Balaban J connectivity index is 1.91. The van der Waals surface area contributed by atoms with Crippen LogP contribution in [0.2, 0.25) is 0 Å². The van der Waals surface area contributed by atoms with Crippen molar-refractivity contribution in [2.24, 2.45) is 23.7 Å². The van der Waals surface area contributed by atoms with Gasteiger partial charge in [0.2, 0.25) is 0 Å². The summed E-state index contributed by atoms with van der Waals surface area (Å²) < 4.78 is 5.26. The van der Waals surface area contributed by atoms with Crippen LogP contribution in [0.15, 0.2) is 0 Å². The molecule has 0 amide bonds. The van der Waals surface area contributed by atoms with Crippen molar-refractivity contribution in [1.82, 2.24) is 0 Å². The van der Waals surface area contributed by atoms with Gasteiger partial charge in [0, 0.05) is 5.92 Å². The minimum Gasteiger partial charge on any atom is -0.368 e. The molecule has 0 aromatic rings. The van der Waals surface area contributed by atoms with Crippen molar-refractivity contribution in [2.75, 3.05) is 6.61 Å². The van der Waals surface area contributed by atoms with Crippen LogP contribution in [-0.2, 0) is 4.74 Å². The first-order chi connectivity index (χ1) is 5.36. The van der Waals surface area contributed by atoms with Gasteiger partial charge >= 0.3 is 0 Å². The number of aliphatic hydroxyl groups is 1. The molecule has 3 fully saturated rings. The minimum absolute atomic E-state index is 0.421. The van der Waals surface area contributed by atoms with Gasteiger partial charge in [-0.2, -0.15) is 0 Å². The van der Waals surface area contributed by atoms with Gasteiger partial charge in [-0.15, -0.1) is 0 Å². The Morgan fingerprint density at radius 2 is 2.00 bits per heavy atom. The van der Waals surface area contributed by atoms with Gasteiger partial charge in [0.25, 0.3) is 0 Å². The van der Waals surface area contributed by atoms with Gasteiger partial charge < -0.3 is 9.84 Å². The van der Waals surface area contributed by atoms with E-state index in [2.05, 4.69) is 0 Å². The molecule has 3 aliphatic rings. The average molecular weight is 154 g/mol. The van der Waals surface area contributed by atoms with Gasteiger partial charge in [-0.05, 0) is 37.0 Å². The van der Waals surface area contributed by atoms with Crippen molar-refractivity contribution in [3.8, 4) is 0 Å². The Bertz CT molecular complexity index is 180. The van der Waals surface area contributed by atoms with Crippen LogP contribution in [0.4, 0.5) is 0 Å². The molecule has 5 unspecified atom stereocenters. The monoisotopic (exact) mass is 154 g/mol. The van der Waals surface area contributed by atoms with Gasteiger partial charge in [0.05, 0.1) is 6.61 Å². The Morgan fingerprint density at radius 3 is 2.82 bits per heavy atom. The Morgan fingerprint density at radius 1 is 1.18 bits per heavy atom. The van der Waals surface area contributed by atoms with Crippen molar-refractivity contribution in [2.45, 2.75) is 25.6 Å². The second-order valence-electron chi connectivity index (χ2n) is 4.30. The highest BCUT2D eigenvalue weighted by Gasteiger charge is 2.53. The van der Waals surface area contributed by atoms with Crippen LogP contribution in [0.5, 0.6) is 0 Å². The maximum Gasteiger partial charge on any atom is 0.157 e. The minimum atomic E-state index is -0.421. The van der Waals surface area contributed by atoms with Crippen molar-refractivity contribution >= 4 is 0 Å². The summed E-state index contributed by atoms with van der Waals surface area (Å²) in [6.07, 6.45) is 3.68. The molecule has 62 valence electrons. The first-order valence-electron chi connectivity index (χ1n) is 4.66. The van der Waals surface area contributed by atoms with Crippen LogP contribution in [0.25, 0.3) is 0 Å². The molecule has 11 heavy (non-hydrogen) atoms. The van der Waals surface area contributed by atoms with Crippen LogP contribution in [0.1, 0.15) is 19.3 Å². The third-order valence-corrected chi connectivity index (χ3v) is 3.95. The number of fused-ring (bicyclic) bond motifs is 5. The van der Waals surface area contributed by atoms with Crippen LogP contribution >= 0.6 is 0 Å². The summed E-state index contributed by atoms with van der Waals surface area (Å²) in [6, 6.07) is 0. The van der Waals surface area contributed by atoms with E-state index in [1.54, 1.807) is 0 Å². The summed E-state index contributed by atoms with van der Waals surface area (Å²) in [5.74, 6) is 2.90. The summed E-state index contributed by atoms with van der Waals surface area (Å²) in [5.41, 5.74) is 0. The molecule has 1 saturated heterocycles. The van der Waals surface area contributed by atoms with Gasteiger partial charge in [-0.1, -0.05) is 0 Å². The number of aliphatic hydroxyl groups excluding tert-OH is 1. The van der Waals surface area contributed by atoms with Crippen molar-refractivity contribution in [1.29, 1.82) is 0 Å². The van der Waals surface area contributed by atoms with Crippen molar-refractivity contribution in [3.63, 3.8) is 0 Å². The summed E-state index contributed by atoms with van der Waals surface area (Å²) in [5, 5.41) is 9.50. The zero-order chi connectivity index (χ0) is 7.42. The number of hydrogen-bond acceptors (Lipinski definition) is 2. The smallest absolute Gasteiger partial charge is 0.157 e. The number of rotatable bonds is 0. The van der Waals surface area contributed by atoms with E-state index >= 15 is 0 Å². The van der Waals surface area contributed by atoms with Gasteiger partial charge in [-0.25, -0.2) is 0 Å². The van der Waals surface area contributed by atoms with E-state index in [4.69, 9.17) is 4.74 Å². The maximum absolute atomic E-state index is 9.50. The first kappa shape index (κ1) is 6.44. The lowest BCUT2D eigenvalue weighted by Crippen LogP contribution is -2.25. The fourth-order valence-corrected chi connectivity index (χ4v) is 3.47. The number of ether oxygens (including phenoxy) is 1. The molecular formula is C9H14O2. The highest BCUT2D eigenvalue weighted by Crippen LogP contribution is 2.56. The fourth-order valence-electron chi connectivity index (χ4n) is 3.47. The van der Waals surface area contributed by atoms with E-state index in [9.17, 15) is 5.11 Å². The fraction of sp³-hybridized carbons (Fsp3) is 1.00. The molecule has 2 heteroatoms. The highest BCUT2D eigenvalue weighted by molar-refractivity contribution is 4.99. The molecular weight excluding hydrogens is 140 g/mol. The van der Waals surface area contributed by atoms with E-state index in [-0.39, 0.29) is 0 Å². The maximum atomic E-state index is 9.50. The molecule has 1 heterocycles. The van der Waals surface area contributed by atoms with Gasteiger partial charge in [-0.3, -0.25) is 0 Å². The summed E-state index contributed by atoms with van der Waals surface area (Å²) >= 11 is 0. The molecule has 2 saturated carbocycles. The zero-order valence-corrected chi connectivity index (χ0v) is 6.57. The molecule has 2 aliphatic carbocycles. The average Bonchev–Trinajstić information content (AvgIpc) is 2.60. The van der Waals surface area contributed by atoms with Crippen LogP contribution < -0.4 is 0 Å². The van der Waals surface area contributed by atoms with E-state index in [0.29, 0.717) is 11.8 Å². The molecule has 2 nitrogen and oxygen atoms in total. The predicted molar refractivity (Wildman–Crippen MR) is 39.8 cm³/mol. The second-order valence-corrected chi connectivity index (χ2v) is 4.30. The standard InChI is InChI=1S/C9H14O2/c10-9-8-6-2-1-5(3-6)7(8)4-11-9/h5-10H,1-4H2. The first-order valence-corrected chi connectivity index (χ1v) is 4.66. The molecule has 2 bridgehead atoms. The zero-order valence-electron chi connectivity index (χ0n) is 6.57. The molecule has 1 aliphatic heterocycles. The van der Waals surface area contributed by atoms with Crippen molar-refractivity contribution < 1.29 is 9.84 Å². The quantitative estimate of drug-likeness (QED) is 0.564. The Labute approximate surface area is 66.5 Å². The largest absolute Gasteiger partial charge is 0.368 e. The normalized spacial score (nSPS) is 60.3. The highest BCUT2D eigenvalue weighted by atomic mass is 16.6. The van der Waals surface area contributed by atoms with Gasteiger partial charge in [0.15, 0.2) is 6.29 Å². The summed E-state index contributed by atoms with van der Waals surface area (Å²) in [6.45, 7) is 0.826. The van der Waals surface area contributed by atoms with Crippen LogP contribution in [0, 0.1) is 23.7 Å². The molecule has 0 aromatic heterocycles. The molecule has 5 atom stereocenters. The number of hydrogen-bond donors (Lipinski definition) is 1. The van der Waals surface area contributed by atoms with E-state index in [1.807, 2.05) is 0 Å². The molecule has 3 rings (SSSR count). The van der Waals surface area contributed by atoms with Crippen LogP contribution in [-0.4, -0.2) is 18.0 Å². The lowest BCUT2D eigenvalue weighted by molar-refractivity contribution is -0.0918. The summed E-state index contributed by atoms with van der Waals surface area (Å²) in [4.78, 5) is 0. The van der Waals surface area contributed by atoms with E-state index in [0.717, 1.165) is 18.4 Å². The molecule has 0 spiro atoms. The van der Waals surface area contributed by atoms with E-state index < -0.39 is 6.29 Å². The SMILES string of the molecule is OC1OCC2C3CCC(C3)C12. The van der Waals surface area contributed by atoms with Crippen LogP contribution in [0.3, 0.4) is 0 Å². The summed E-state index contributed by atoms with van der Waals surface area (Å²) in [7, 11) is 0. The third kappa shape index (κ3) is 0.695. The Hall–Kier alpha value is -0.0800. The topological polar surface area (TPSA) is 29.5 Å². The Kier molecular flexibility index (Phi) is 1.16. The third-order valence-electron chi connectivity index (χ3n) is 3.95. The molecule has 0 aromatic carbocycles. The second kappa shape index (κ2) is 1.99. The van der Waals surface area contributed by atoms with E-state index in [1.165, 1.54) is 19.3 Å². The lowest BCUT2D eigenvalue weighted by atomic mass is 9.81.